The number of fused-ring (bicyclic) bond motifs is 1. The highest BCUT2D eigenvalue weighted by atomic mass is 35.5. The summed E-state index contributed by atoms with van der Waals surface area (Å²) in [4.78, 5) is 29.9. The third kappa shape index (κ3) is 5.55. The van der Waals surface area contributed by atoms with Crippen molar-refractivity contribution in [1.29, 1.82) is 0 Å². The van der Waals surface area contributed by atoms with E-state index in [2.05, 4.69) is 15.8 Å². The van der Waals surface area contributed by atoms with Crippen LogP contribution in [-0.2, 0) is 4.79 Å². The number of pyridine rings is 1. The molecular weight excluding hydrogens is 460 g/mol. The molecule has 6 nitrogen and oxygen atoms in total. The molecule has 4 rings (SSSR count). The van der Waals surface area contributed by atoms with Crippen LogP contribution in [0.4, 0.5) is 5.69 Å². The van der Waals surface area contributed by atoms with Gasteiger partial charge in [-0.2, -0.15) is 5.10 Å². The first-order valence-electron chi connectivity index (χ1n) is 11.2. The Bertz CT molecular complexity index is 1430. The normalized spacial score (nSPS) is 11.5. The fourth-order valence-electron chi connectivity index (χ4n) is 3.53. The maximum atomic E-state index is 13.2. The topological polar surface area (TPSA) is 83.4 Å². The smallest absolute Gasteiger partial charge is 0.272 e. The Morgan fingerprint density at radius 2 is 1.69 bits per heavy atom. The summed E-state index contributed by atoms with van der Waals surface area (Å²) < 4.78 is 0. The summed E-state index contributed by atoms with van der Waals surface area (Å²) in [5, 5.41) is 8.29. The molecular formula is C28H25ClN4O2. The molecule has 1 heterocycles. The number of halogens is 1. The summed E-state index contributed by atoms with van der Waals surface area (Å²) >= 11 is 6.42. The number of hydrazone groups is 1. The summed E-state index contributed by atoms with van der Waals surface area (Å²) in [7, 11) is 0. The van der Waals surface area contributed by atoms with Gasteiger partial charge >= 0.3 is 0 Å². The van der Waals surface area contributed by atoms with Gasteiger partial charge in [0.25, 0.3) is 5.91 Å². The Balaban J connectivity index is 1.64. The molecule has 35 heavy (non-hydrogen) atoms. The van der Waals surface area contributed by atoms with Gasteiger partial charge in [0.15, 0.2) is 0 Å². The molecule has 4 aromatic rings. The van der Waals surface area contributed by atoms with E-state index >= 15 is 0 Å². The van der Waals surface area contributed by atoms with E-state index in [1.165, 1.54) is 0 Å². The number of anilines is 1. The number of carbonyl (C=O) groups excluding carboxylic acids is 2. The SMILES string of the molecule is CC(=NNC(=O)c1cc(-c2ccccc2)nc2c(Cl)cccc12)c1cccc(NC(=O)C(C)C)c1. The fourth-order valence-corrected chi connectivity index (χ4v) is 3.74. The Kier molecular flexibility index (Phi) is 7.22. The van der Waals surface area contributed by atoms with Gasteiger partial charge in [0.05, 0.1) is 27.5 Å². The van der Waals surface area contributed by atoms with Gasteiger partial charge in [-0.1, -0.05) is 80.0 Å². The average Bonchev–Trinajstić information content (AvgIpc) is 2.87. The number of carbonyl (C=O) groups is 2. The average molecular weight is 485 g/mol. The van der Waals surface area contributed by atoms with E-state index in [9.17, 15) is 9.59 Å². The van der Waals surface area contributed by atoms with E-state index < -0.39 is 0 Å². The van der Waals surface area contributed by atoms with Crippen molar-refractivity contribution in [2.75, 3.05) is 5.32 Å². The lowest BCUT2D eigenvalue weighted by atomic mass is 10.0. The number of hydrogen-bond acceptors (Lipinski definition) is 4. The number of hydrogen-bond donors (Lipinski definition) is 2. The van der Waals surface area contributed by atoms with Crippen LogP contribution in [0.15, 0.2) is 84.0 Å². The van der Waals surface area contributed by atoms with Crippen LogP contribution >= 0.6 is 11.6 Å². The van der Waals surface area contributed by atoms with Crippen LogP contribution in [0.3, 0.4) is 0 Å². The highest BCUT2D eigenvalue weighted by Crippen LogP contribution is 2.29. The van der Waals surface area contributed by atoms with Crippen molar-refractivity contribution < 1.29 is 9.59 Å². The molecule has 2 amide bonds. The van der Waals surface area contributed by atoms with Crippen LogP contribution in [0.25, 0.3) is 22.2 Å². The molecule has 3 aromatic carbocycles. The first-order chi connectivity index (χ1) is 16.8. The Hall–Kier alpha value is -4.03. The van der Waals surface area contributed by atoms with Crippen molar-refractivity contribution in [3.63, 3.8) is 0 Å². The van der Waals surface area contributed by atoms with Crippen LogP contribution in [-0.4, -0.2) is 22.5 Å². The van der Waals surface area contributed by atoms with Gasteiger partial charge in [-0.05, 0) is 36.8 Å². The second kappa shape index (κ2) is 10.5. The maximum absolute atomic E-state index is 13.2. The Labute approximate surface area is 209 Å². The van der Waals surface area contributed by atoms with Gasteiger partial charge in [-0.25, -0.2) is 10.4 Å². The molecule has 1 aromatic heterocycles. The number of nitrogens with one attached hydrogen (secondary N) is 2. The summed E-state index contributed by atoms with van der Waals surface area (Å²) in [6.45, 7) is 5.46. The molecule has 0 aliphatic rings. The Morgan fingerprint density at radius 1 is 0.943 bits per heavy atom. The molecule has 0 spiro atoms. The third-order valence-electron chi connectivity index (χ3n) is 5.50. The van der Waals surface area contributed by atoms with Gasteiger partial charge in [0.1, 0.15) is 0 Å². The molecule has 0 saturated carbocycles. The van der Waals surface area contributed by atoms with Gasteiger partial charge in [-0.3, -0.25) is 9.59 Å². The molecule has 0 aliphatic heterocycles. The highest BCUT2D eigenvalue weighted by molar-refractivity contribution is 6.35. The quantitative estimate of drug-likeness (QED) is 0.248. The zero-order valence-corrected chi connectivity index (χ0v) is 20.4. The van der Waals surface area contributed by atoms with Crippen molar-refractivity contribution in [2.45, 2.75) is 20.8 Å². The van der Waals surface area contributed by atoms with E-state index in [1.54, 1.807) is 25.1 Å². The molecule has 0 aliphatic carbocycles. The molecule has 7 heteroatoms. The first-order valence-corrected chi connectivity index (χ1v) is 11.6. The van der Waals surface area contributed by atoms with Gasteiger partial charge in [-0.15, -0.1) is 0 Å². The van der Waals surface area contributed by atoms with Crippen LogP contribution in [0, 0.1) is 5.92 Å². The monoisotopic (exact) mass is 484 g/mol. The van der Waals surface area contributed by atoms with Crippen molar-refractivity contribution >= 4 is 45.7 Å². The minimum absolute atomic E-state index is 0.0671. The zero-order chi connectivity index (χ0) is 24.9. The van der Waals surface area contributed by atoms with Crippen LogP contribution in [0.1, 0.15) is 36.7 Å². The van der Waals surface area contributed by atoms with Crippen LogP contribution < -0.4 is 10.7 Å². The standard InChI is InChI=1S/C28H25ClN4O2/c1-17(2)27(34)30-21-12-7-11-20(15-21)18(3)32-33-28(35)23-16-25(19-9-5-4-6-10-19)31-26-22(23)13-8-14-24(26)29/h4-17H,1-3H3,(H,30,34)(H,33,35). The van der Waals surface area contributed by atoms with Gasteiger partial charge in [0, 0.05) is 22.6 Å². The van der Waals surface area contributed by atoms with Crippen molar-refractivity contribution in [3.05, 3.63) is 95.0 Å². The Morgan fingerprint density at radius 3 is 2.43 bits per heavy atom. The molecule has 0 fully saturated rings. The molecule has 2 N–H and O–H groups in total. The molecule has 0 atom stereocenters. The molecule has 0 saturated heterocycles. The van der Waals surface area contributed by atoms with E-state index in [1.807, 2.05) is 74.5 Å². The van der Waals surface area contributed by atoms with E-state index in [0.717, 1.165) is 11.1 Å². The predicted octanol–water partition coefficient (Wildman–Crippen LogP) is 6.30. The number of nitrogens with zero attached hydrogens (tertiary/aromatic N) is 2. The lowest BCUT2D eigenvalue weighted by Crippen LogP contribution is -2.20. The minimum atomic E-state index is -0.375. The van der Waals surface area contributed by atoms with Crippen molar-refractivity contribution in [2.24, 2.45) is 11.0 Å². The van der Waals surface area contributed by atoms with E-state index in [-0.39, 0.29) is 17.7 Å². The maximum Gasteiger partial charge on any atom is 0.272 e. The lowest BCUT2D eigenvalue weighted by Gasteiger charge is -2.11. The molecule has 0 bridgehead atoms. The molecule has 0 radical (unpaired) electrons. The van der Waals surface area contributed by atoms with Gasteiger partial charge in [0.2, 0.25) is 5.91 Å². The lowest BCUT2D eigenvalue weighted by molar-refractivity contribution is -0.118. The number of aromatic nitrogens is 1. The third-order valence-corrected chi connectivity index (χ3v) is 5.81. The van der Waals surface area contributed by atoms with Crippen molar-refractivity contribution in [3.8, 4) is 11.3 Å². The summed E-state index contributed by atoms with van der Waals surface area (Å²) in [6.07, 6.45) is 0. The summed E-state index contributed by atoms with van der Waals surface area (Å²) in [6, 6.07) is 24.0. The zero-order valence-electron chi connectivity index (χ0n) is 19.7. The second-order valence-corrected chi connectivity index (χ2v) is 8.83. The minimum Gasteiger partial charge on any atom is -0.326 e. The first kappa shape index (κ1) is 24.1. The fraction of sp³-hybridized carbons (Fsp3) is 0.143. The number of benzene rings is 3. The van der Waals surface area contributed by atoms with Crippen LogP contribution in [0.5, 0.6) is 0 Å². The highest BCUT2D eigenvalue weighted by Gasteiger charge is 2.16. The summed E-state index contributed by atoms with van der Waals surface area (Å²) in [5.74, 6) is -0.569. The number of rotatable bonds is 6. The van der Waals surface area contributed by atoms with E-state index in [4.69, 9.17) is 16.6 Å². The molecule has 0 unspecified atom stereocenters. The largest absolute Gasteiger partial charge is 0.326 e. The number of para-hydroxylation sites is 1. The molecule has 176 valence electrons. The summed E-state index contributed by atoms with van der Waals surface area (Å²) in [5.41, 5.74) is 7.20. The van der Waals surface area contributed by atoms with E-state index in [0.29, 0.717) is 38.6 Å². The van der Waals surface area contributed by atoms with Gasteiger partial charge < -0.3 is 5.32 Å². The second-order valence-electron chi connectivity index (χ2n) is 8.42. The predicted molar refractivity (Wildman–Crippen MR) is 142 cm³/mol. The van der Waals surface area contributed by atoms with Crippen LogP contribution in [0.2, 0.25) is 5.02 Å². The number of amides is 2. The van der Waals surface area contributed by atoms with Crippen molar-refractivity contribution in [1.82, 2.24) is 10.4 Å².